The van der Waals surface area contributed by atoms with Crippen LogP contribution in [0.25, 0.3) is 0 Å². The molecule has 0 N–H and O–H groups in total. The van der Waals surface area contributed by atoms with Crippen molar-refractivity contribution >= 4 is 32.4 Å². The molecule has 0 aliphatic carbocycles. The van der Waals surface area contributed by atoms with Crippen LogP contribution < -0.4 is 0 Å². The fourth-order valence-corrected chi connectivity index (χ4v) is 6.94. The van der Waals surface area contributed by atoms with Crippen molar-refractivity contribution in [1.82, 2.24) is 19.6 Å². The van der Waals surface area contributed by atoms with Crippen molar-refractivity contribution in [2.24, 2.45) is 0 Å². The molecule has 0 amide bonds. The number of hydrogen-bond acceptors (Lipinski definition) is 8. The normalized spacial score (nSPS) is 26.3. The Kier molecular flexibility index (Phi) is 15.9. The van der Waals surface area contributed by atoms with Gasteiger partial charge in [-0.25, -0.2) is 8.42 Å². The lowest BCUT2D eigenvalue weighted by molar-refractivity contribution is 0.277. The molecule has 0 aromatic carbocycles. The molecule has 4 aliphatic rings. The highest BCUT2D eigenvalue weighted by Gasteiger charge is 2.18. The zero-order valence-corrected chi connectivity index (χ0v) is 22.7. The monoisotopic (exact) mass is 498 g/mol. The Morgan fingerprint density at radius 1 is 0.613 bits per heavy atom. The van der Waals surface area contributed by atoms with E-state index in [1.54, 1.807) is 0 Å². The van der Waals surface area contributed by atoms with Crippen molar-refractivity contribution < 1.29 is 12.6 Å². The highest BCUT2D eigenvalue weighted by Crippen LogP contribution is 2.06. The molecule has 0 bridgehead atoms. The second-order valence-electron chi connectivity index (χ2n) is 8.89. The van der Waals surface area contributed by atoms with Gasteiger partial charge >= 0.3 is 0 Å². The molecular weight excluding hydrogens is 452 g/mol. The minimum Gasteiger partial charge on any atom is -0.306 e. The van der Waals surface area contributed by atoms with Crippen molar-refractivity contribution in [1.29, 1.82) is 0 Å². The lowest BCUT2D eigenvalue weighted by atomic mass is 10.1. The van der Waals surface area contributed by atoms with Crippen LogP contribution >= 0.6 is 11.8 Å². The van der Waals surface area contributed by atoms with Crippen LogP contribution in [0.5, 0.6) is 0 Å². The van der Waals surface area contributed by atoms with Crippen LogP contribution in [0.1, 0.15) is 19.3 Å². The van der Waals surface area contributed by atoms with Gasteiger partial charge in [-0.3, -0.25) is 4.21 Å². The fourth-order valence-electron chi connectivity index (χ4n) is 3.24. The first-order valence-electron chi connectivity index (χ1n) is 11.6. The number of rotatable bonds is 0. The van der Waals surface area contributed by atoms with E-state index in [1.165, 1.54) is 56.9 Å². The van der Waals surface area contributed by atoms with E-state index in [4.69, 9.17) is 0 Å². The van der Waals surface area contributed by atoms with E-state index < -0.39 is 20.6 Å². The van der Waals surface area contributed by atoms with Crippen molar-refractivity contribution in [2.75, 3.05) is 115 Å². The number of likely N-dealkylation sites (tertiary alicyclic amines) is 1. The third-order valence-corrected chi connectivity index (χ3v) is 9.61. The Balaban J connectivity index is 0.000000208. The second-order valence-corrected chi connectivity index (χ2v) is 14.1. The first-order chi connectivity index (χ1) is 14.7. The summed E-state index contributed by atoms with van der Waals surface area (Å²) in [5, 5.41) is 0. The molecule has 4 aliphatic heterocycles. The minimum absolute atomic E-state index is 0.337. The van der Waals surface area contributed by atoms with Crippen LogP contribution in [-0.2, 0) is 20.6 Å². The van der Waals surface area contributed by atoms with E-state index in [9.17, 15) is 12.6 Å². The molecule has 4 saturated heterocycles. The zero-order valence-electron chi connectivity index (χ0n) is 20.3. The van der Waals surface area contributed by atoms with E-state index in [0.29, 0.717) is 24.6 Å². The third-order valence-electron chi connectivity index (χ3n) is 5.78. The number of nitrogens with zero attached hydrogens (tertiary/aromatic N) is 4. The molecular formula is C21H46N4O3S3. The SMILES string of the molecule is CN1CCCCC1.CN1CCS(=O)(=O)CC1.CN1CCS(=O)CC1.CN1CCSCC1. The molecule has 7 nitrogen and oxygen atoms in total. The fraction of sp³-hybridized carbons (Fsp3) is 1.00. The van der Waals surface area contributed by atoms with Crippen LogP contribution in [0.3, 0.4) is 0 Å². The molecule has 4 heterocycles. The number of piperidine rings is 1. The summed E-state index contributed by atoms with van der Waals surface area (Å²) in [6, 6.07) is 0. The third kappa shape index (κ3) is 16.5. The predicted molar refractivity (Wildman–Crippen MR) is 138 cm³/mol. The Morgan fingerprint density at radius 2 is 1.03 bits per heavy atom. The topological polar surface area (TPSA) is 64.2 Å². The van der Waals surface area contributed by atoms with Crippen LogP contribution in [0, 0.1) is 0 Å². The van der Waals surface area contributed by atoms with E-state index in [0.717, 1.165) is 24.6 Å². The average molecular weight is 499 g/mol. The van der Waals surface area contributed by atoms with Gasteiger partial charge in [0.1, 0.15) is 0 Å². The largest absolute Gasteiger partial charge is 0.306 e. The highest BCUT2D eigenvalue weighted by molar-refractivity contribution is 7.99. The molecule has 0 aromatic heterocycles. The number of hydrogen-bond donors (Lipinski definition) is 0. The summed E-state index contributed by atoms with van der Waals surface area (Å²) < 4.78 is 32.2. The second kappa shape index (κ2) is 16.8. The predicted octanol–water partition coefficient (Wildman–Crippen LogP) is 0.794. The van der Waals surface area contributed by atoms with Gasteiger partial charge in [0, 0.05) is 73.1 Å². The summed E-state index contributed by atoms with van der Waals surface area (Å²) in [4.78, 5) is 9.00. The summed E-state index contributed by atoms with van der Waals surface area (Å²) in [5.41, 5.74) is 0. The standard InChI is InChI=1S/C6H13N.C5H11NO2S.C5H11NOS.C5H11NS/c1-7-5-3-2-4-6-7;1-6-2-4-9(7,8)5-3-6;1-6-2-4-8(7)5-3-6;1-6-2-4-7-5-3-6/h2-6H2,1H3;2-5H2,1H3;2-5H2,1H3;2-5H2,1H3. The van der Waals surface area contributed by atoms with Crippen LogP contribution in [0.15, 0.2) is 0 Å². The Morgan fingerprint density at radius 3 is 1.35 bits per heavy atom. The van der Waals surface area contributed by atoms with Crippen molar-refractivity contribution in [2.45, 2.75) is 19.3 Å². The van der Waals surface area contributed by atoms with Gasteiger partial charge in [0.2, 0.25) is 0 Å². The maximum absolute atomic E-state index is 10.8. The molecule has 0 aromatic rings. The molecule has 0 atom stereocenters. The minimum atomic E-state index is -2.66. The van der Waals surface area contributed by atoms with Crippen LogP contribution in [-0.4, -0.2) is 147 Å². The maximum atomic E-state index is 10.8. The van der Waals surface area contributed by atoms with Crippen LogP contribution in [0.2, 0.25) is 0 Å². The molecule has 0 spiro atoms. The Bertz CT molecular complexity index is 540. The Hall–Kier alpha value is 0.290. The lowest BCUT2D eigenvalue weighted by Crippen LogP contribution is -2.37. The summed E-state index contributed by atoms with van der Waals surface area (Å²) >= 11 is 2.06. The molecule has 31 heavy (non-hydrogen) atoms. The van der Waals surface area contributed by atoms with Crippen molar-refractivity contribution in [3.8, 4) is 0 Å². The van der Waals surface area contributed by atoms with Crippen LogP contribution in [0.4, 0.5) is 0 Å². The van der Waals surface area contributed by atoms with E-state index in [-0.39, 0.29) is 0 Å². The first-order valence-corrected chi connectivity index (χ1v) is 16.0. The van der Waals surface area contributed by atoms with E-state index >= 15 is 0 Å². The smallest absolute Gasteiger partial charge is 0.152 e. The molecule has 186 valence electrons. The first kappa shape index (κ1) is 29.3. The molecule has 0 unspecified atom stereocenters. The zero-order chi connectivity index (χ0) is 23.1. The van der Waals surface area contributed by atoms with Gasteiger partial charge in [-0.1, -0.05) is 6.42 Å². The van der Waals surface area contributed by atoms with Gasteiger partial charge in [0.15, 0.2) is 9.84 Å². The van der Waals surface area contributed by atoms with Gasteiger partial charge in [0.05, 0.1) is 11.5 Å². The van der Waals surface area contributed by atoms with Gasteiger partial charge in [-0.2, -0.15) is 11.8 Å². The molecule has 10 heteroatoms. The van der Waals surface area contributed by atoms with E-state index in [1.807, 2.05) is 11.9 Å². The quantitative estimate of drug-likeness (QED) is 0.486. The van der Waals surface area contributed by atoms with Gasteiger partial charge < -0.3 is 19.6 Å². The summed E-state index contributed by atoms with van der Waals surface area (Å²) in [7, 11) is 5.22. The van der Waals surface area contributed by atoms with Crippen molar-refractivity contribution in [3.05, 3.63) is 0 Å². The van der Waals surface area contributed by atoms with Crippen molar-refractivity contribution in [3.63, 3.8) is 0 Å². The van der Waals surface area contributed by atoms with Gasteiger partial charge in [0.25, 0.3) is 0 Å². The summed E-state index contributed by atoms with van der Waals surface area (Å²) in [6.07, 6.45) is 4.28. The summed E-state index contributed by atoms with van der Waals surface area (Å²) in [6.45, 7) is 8.61. The summed E-state index contributed by atoms with van der Waals surface area (Å²) in [5.74, 6) is 5.08. The average Bonchev–Trinajstić information content (AvgIpc) is 2.75. The van der Waals surface area contributed by atoms with Gasteiger partial charge in [-0.05, 0) is 54.1 Å². The molecule has 4 fully saturated rings. The number of sulfone groups is 1. The number of thioether (sulfide) groups is 1. The lowest BCUT2D eigenvalue weighted by Gasteiger charge is -2.21. The molecule has 4 rings (SSSR count). The maximum Gasteiger partial charge on any atom is 0.152 e. The molecule has 0 saturated carbocycles. The van der Waals surface area contributed by atoms with E-state index in [2.05, 4.69) is 47.6 Å². The Labute approximate surface area is 198 Å². The van der Waals surface area contributed by atoms with Gasteiger partial charge in [-0.15, -0.1) is 0 Å². The highest BCUT2D eigenvalue weighted by atomic mass is 32.2. The molecule has 0 radical (unpaired) electrons.